The molecule has 4 aliphatic carbocycles. The van der Waals surface area contributed by atoms with Gasteiger partial charge in [-0.25, -0.2) is 0 Å². The van der Waals surface area contributed by atoms with Gasteiger partial charge in [0.05, 0.1) is 24.9 Å². The summed E-state index contributed by atoms with van der Waals surface area (Å²) >= 11 is 0. The lowest BCUT2D eigenvalue weighted by atomic mass is 9.44. The van der Waals surface area contributed by atoms with Gasteiger partial charge in [0.2, 0.25) is 0 Å². The third-order valence-electron chi connectivity index (χ3n) is 12.1. The summed E-state index contributed by atoms with van der Waals surface area (Å²) in [7, 11) is 0. The van der Waals surface area contributed by atoms with Crippen molar-refractivity contribution >= 4 is 0 Å². The first-order valence-corrected chi connectivity index (χ1v) is 13.5. The van der Waals surface area contributed by atoms with Crippen LogP contribution in [-0.4, -0.2) is 52.6 Å². The van der Waals surface area contributed by atoms with Gasteiger partial charge in [0.25, 0.3) is 0 Å². The van der Waals surface area contributed by atoms with E-state index in [-0.39, 0.29) is 17.9 Å². The van der Waals surface area contributed by atoms with E-state index in [4.69, 9.17) is 9.47 Å². The average molecular weight is 449 g/mol. The van der Waals surface area contributed by atoms with Gasteiger partial charge in [-0.15, -0.1) is 0 Å². The molecular weight excluding hydrogens is 404 g/mol. The van der Waals surface area contributed by atoms with Gasteiger partial charge >= 0.3 is 0 Å². The Bertz CT molecular complexity index is 734. The van der Waals surface area contributed by atoms with Crippen molar-refractivity contribution < 1.29 is 24.8 Å². The fraction of sp³-hybridized carbons (Fsp3) is 1.00. The molecule has 32 heavy (non-hydrogen) atoms. The van der Waals surface area contributed by atoms with Crippen LogP contribution in [0.4, 0.5) is 0 Å². The van der Waals surface area contributed by atoms with Crippen molar-refractivity contribution in [2.45, 2.75) is 103 Å². The van der Waals surface area contributed by atoms with Crippen LogP contribution in [0.2, 0.25) is 0 Å². The van der Waals surface area contributed by atoms with E-state index in [1.807, 2.05) is 0 Å². The van der Waals surface area contributed by atoms with Crippen LogP contribution in [-0.2, 0) is 9.47 Å². The minimum absolute atomic E-state index is 0.167. The maximum Gasteiger partial charge on any atom is 0.171 e. The third kappa shape index (κ3) is 2.87. The Kier molecular flexibility index (Phi) is 5.15. The van der Waals surface area contributed by atoms with Crippen molar-refractivity contribution in [3.05, 3.63) is 0 Å². The zero-order chi connectivity index (χ0) is 22.5. The maximum absolute atomic E-state index is 10.6. The van der Waals surface area contributed by atoms with Crippen LogP contribution < -0.4 is 0 Å². The van der Waals surface area contributed by atoms with Gasteiger partial charge in [0.15, 0.2) is 5.79 Å². The molecule has 0 amide bonds. The van der Waals surface area contributed by atoms with E-state index in [0.717, 1.165) is 38.0 Å². The van der Waals surface area contributed by atoms with E-state index < -0.39 is 18.0 Å². The van der Waals surface area contributed by atoms with Gasteiger partial charge in [-0.05, 0) is 91.8 Å². The van der Waals surface area contributed by atoms with E-state index in [9.17, 15) is 15.3 Å². The SMILES string of the molecule is CC1C2C(CC3C4CCC5CC(O)C(O)CC5(C)C4CCC32C)OC12CCC(CO)CO2. The van der Waals surface area contributed by atoms with Crippen LogP contribution in [0.5, 0.6) is 0 Å². The normalized spacial score (nSPS) is 61.7. The molecule has 2 aliphatic heterocycles. The smallest absolute Gasteiger partial charge is 0.171 e. The lowest BCUT2D eigenvalue weighted by molar-refractivity contribution is -0.276. The van der Waals surface area contributed by atoms with Crippen LogP contribution in [0.1, 0.15) is 78.6 Å². The molecule has 3 N–H and O–H groups in total. The van der Waals surface area contributed by atoms with Crippen molar-refractivity contribution in [1.82, 2.24) is 0 Å². The van der Waals surface area contributed by atoms with E-state index in [2.05, 4.69) is 20.8 Å². The molecule has 1 spiro atoms. The Morgan fingerprint density at radius 1 is 0.906 bits per heavy atom. The second-order valence-electron chi connectivity index (χ2n) is 13.2. The molecule has 6 fully saturated rings. The van der Waals surface area contributed by atoms with Crippen molar-refractivity contribution in [3.8, 4) is 0 Å². The highest BCUT2D eigenvalue weighted by molar-refractivity contribution is 5.15. The van der Waals surface area contributed by atoms with Gasteiger partial charge in [-0.3, -0.25) is 0 Å². The molecule has 2 saturated heterocycles. The van der Waals surface area contributed by atoms with Crippen molar-refractivity contribution in [1.29, 1.82) is 0 Å². The molecule has 6 rings (SSSR count). The van der Waals surface area contributed by atoms with Gasteiger partial charge < -0.3 is 24.8 Å². The fourth-order valence-corrected chi connectivity index (χ4v) is 10.4. The Balaban J connectivity index is 1.24. The second kappa shape index (κ2) is 7.40. The number of ether oxygens (including phenoxy) is 2. The first-order chi connectivity index (χ1) is 15.2. The Labute approximate surface area is 193 Å². The molecule has 2 heterocycles. The number of aliphatic hydroxyl groups excluding tert-OH is 3. The summed E-state index contributed by atoms with van der Waals surface area (Å²) in [5, 5.41) is 30.4. The fourth-order valence-electron chi connectivity index (χ4n) is 10.4. The molecule has 5 heteroatoms. The molecule has 13 unspecified atom stereocenters. The minimum Gasteiger partial charge on any atom is -0.396 e. The van der Waals surface area contributed by atoms with E-state index >= 15 is 0 Å². The highest BCUT2D eigenvalue weighted by Gasteiger charge is 2.69. The van der Waals surface area contributed by atoms with Crippen LogP contribution in [0.3, 0.4) is 0 Å². The molecule has 182 valence electrons. The highest BCUT2D eigenvalue weighted by atomic mass is 16.7. The predicted molar refractivity (Wildman–Crippen MR) is 121 cm³/mol. The second-order valence-corrected chi connectivity index (χ2v) is 13.2. The third-order valence-corrected chi connectivity index (χ3v) is 12.1. The Hall–Kier alpha value is -0.200. The molecular formula is C27H44O5. The van der Waals surface area contributed by atoms with Gasteiger partial charge in [-0.2, -0.15) is 0 Å². The molecule has 0 aromatic rings. The molecule has 0 bridgehead atoms. The van der Waals surface area contributed by atoms with Crippen molar-refractivity contribution in [3.63, 3.8) is 0 Å². The largest absolute Gasteiger partial charge is 0.396 e. The molecule has 13 atom stereocenters. The molecule has 0 aromatic carbocycles. The van der Waals surface area contributed by atoms with Crippen LogP contribution in [0.25, 0.3) is 0 Å². The molecule has 5 nitrogen and oxygen atoms in total. The monoisotopic (exact) mass is 448 g/mol. The molecule has 0 aromatic heterocycles. The zero-order valence-electron chi connectivity index (χ0n) is 20.2. The predicted octanol–water partition coefficient (Wildman–Crippen LogP) is 3.74. The van der Waals surface area contributed by atoms with Crippen LogP contribution >= 0.6 is 0 Å². The summed E-state index contributed by atoms with van der Waals surface area (Å²) in [6.45, 7) is 8.21. The summed E-state index contributed by atoms with van der Waals surface area (Å²) in [5.41, 5.74) is 0.474. The van der Waals surface area contributed by atoms with Crippen LogP contribution in [0.15, 0.2) is 0 Å². The first-order valence-electron chi connectivity index (χ1n) is 13.5. The standard InChI is InChI=1S/C27H44O5/c1-15-24-23(32-27(15)9-6-16(13-28)14-31-27)11-20-18-5-4-17-10-21(29)22(30)12-26(17,3)19(18)7-8-25(20,24)2/h15-24,28-30H,4-14H2,1-3H3. The summed E-state index contributed by atoms with van der Waals surface area (Å²) in [6, 6.07) is 0. The number of hydrogen-bond donors (Lipinski definition) is 3. The minimum atomic E-state index is -0.555. The van der Waals surface area contributed by atoms with Gasteiger partial charge in [0, 0.05) is 24.9 Å². The topological polar surface area (TPSA) is 79.2 Å². The van der Waals surface area contributed by atoms with Gasteiger partial charge in [0.1, 0.15) is 0 Å². The van der Waals surface area contributed by atoms with E-state index in [1.165, 1.54) is 25.7 Å². The Morgan fingerprint density at radius 3 is 2.44 bits per heavy atom. The average Bonchev–Trinajstić information content (AvgIpc) is 3.20. The number of aliphatic hydroxyl groups is 3. The number of rotatable bonds is 1. The summed E-state index contributed by atoms with van der Waals surface area (Å²) < 4.78 is 13.2. The molecule has 6 aliphatic rings. The number of fused-ring (bicyclic) bond motifs is 7. The highest BCUT2D eigenvalue weighted by Crippen LogP contribution is 2.71. The lowest BCUT2D eigenvalue weighted by Gasteiger charge is -2.61. The summed E-state index contributed by atoms with van der Waals surface area (Å²) in [4.78, 5) is 0. The first kappa shape index (κ1) is 22.3. The van der Waals surface area contributed by atoms with Crippen molar-refractivity contribution in [2.75, 3.05) is 13.2 Å². The summed E-state index contributed by atoms with van der Waals surface area (Å²) in [5.74, 6) is 3.44. The summed E-state index contributed by atoms with van der Waals surface area (Å²) in [6.07, 6.45) is 8.83. The van der Waals surface area contributed by atoms with Crippen molar-refractivity contribution in [2.24, 2.45) is 52.3 Å². The van der Waals surface area contributed by atoms with E-state index in [0.29, 0.717) is 47.7 Å². The van der Waals surface area contributed by atoms with Gasteiger partial charge in [-0.1, -0.05) is 20.8 Å². The zero-order valence-corrected chi connectivity index (χ0v) is 20.2. The number of hydrogen-bond acceptors (Lipinski definition) is 5. The molecule has 4 saturated carbocycles. The lowest BCUT2D eigenvalue weighted by Crippen LogP contribution is -2.57. The van der Waals surface area contributed by atoms with Crippen LogP contribution in [0, 0.1) is 52.3 Å². The van der Waals surface area contributed by atoms with E-state index in [1.54, 1.807) is 0 Å². The Morgan fingerprint density at radius 2 is 1.72 bits per heavy atom. The quantitative estimate of drug-likeness (QED) is 0.570. The molecule has 0 radical (unpaired) electrons. The maximum atomic E-state index is 10.6.